The summed E-state index contributed by atoms with van der Waals surface area (Å²) in [5, 5.41) is 21.0. The molecule has 48 heavy (non-hydrogen) atoms. The number of benzene rings is 2. The zero-order chi connectivity index (χ0) is 36.6. The summed E-state index contributed by atoms with van der Waals surface area (Å²) < 4.78 is 68.9. The third-order valence-electron chi connectivity index (χ3n) is 6.79. The first-order valence-corrected chi connectivity index (χ1v) is 14.1. The Hall–Kier alpha value is -5.13. The van der Waals surface area contributed by atoms with E-state index in [1.54, 1.807) is 6.20 Å². The topological polar surface area (TPSA) is 174 Å². The quantitative estimate of drug-likeness (QED) is 0.124. The van der Waals surface area contributed by atoms with Crippen LogP contribution in [0.4, 0.5) is 49.5 Å². The van der Waals surface area contributed by atoms with E-state index < -0.39 is 30.0 Å². The fourth-order valence-electron chi connectivity index (χ4n) is 4.01. The van der Waals surface area contributed by atoms with Gasteiger partial charge >= 0.3 is 30.0 Å². The predicted molar refractivity (Wildman–Crippen MR) is 165 cm³/mol. The molecule has 0 aliphatic carbocycles. The van der Waals surface area contributed by atoms with Crippen molar-refractivity contribution in [3.8, 4) is 0 Å². The molecule has 2 heterocycles. The van der Waals surface area contributed by atoms with Crippen LogP contribution in [-0.2, 0) is 16.1 Å². The average molecular weight is 689 g/mol. The first kappa shape index (κ1) is 39.1. The molecule has 0 atom stereocenters. The second kappa shape index (κ2) is 16.1. The molecule has 0 amide bonds. The standard InChI is InChI=1S/C26H32N6O2.2C2HF3O2/c1-7-32(8-2)14-19-11-21(12-22-23(19)34-26(33)30-22)28-24-17(5)13-27-25(31-24)29-20-9-15(3)18(6)16(4)10-20;2*3-2(4,5)1(6)7/h9-13H,7-8,14H2,1-6H3,(H,30,33)(H2,27,28,29,31);2*(H,6,7). The molecule has 0 saturated heterocycles. The maximum Gasteiger partial charge on any atom is 0.490 e. The van der Waals surface area contributed by atoms with Crippen molar-refractivity contribution in [3.05, 3.63) is 68.8 Å². The highest BCUT2D eigenvalue weighted by Crippen LogP contribution is 2.28. The molecule has 2 aromatic carbocycles. The zero-order valence-electron chi connectivity index (χ0n) is 26.6. The van der Waals surface area contributed by atoms with Gasteiger partial charge in [-0.3, -0.25) is 9.88 Å². The Kier molecular flexibility index (Phi) is 13.1. The summed E-state index contributed by atoms with van der Waals surface area (Å²) >= 11 is 0. The number of anilines is 4. The highest BCUT2D eigenvalue weighted by atomic mass is 19.4. The van der Waals surface area contributed by atoms with E-state index in [0.717, 1.165) is 35.6 Å². The smallest absolute Gasteiger partial charge is 0.475 e. The van der Waals surface area contributed by atoms with Gasteiger partial charge in [0.1, 0.15) is 5.82 Å². The number of hydrogen-bond donors (Lipinski definition) is 5. The van der Waals surface area contributed by atoms with Crippen LogP contribution in [0.25, 0.3) is 11.1 Å². The van der Waals surface area contributed by atoms with E-state index in [2.05, 4.69) is 72.3 Å². The predicted octanol–water partition coefficient (Wildman–Crippen LogP) is 6.74. The molecular weight excluding hydrogens is 654 g/mol. The van der Waals surface area contributed by atoms with Gasteiger partial charge in [0.2, 0.25) is 5.95 Å². The summed E-state index contributed by atoms with van der Waals surface area (Å²) in [6.07, 6.45) is -8.37. The number of halogens is 6. The summed E-state index contributed by atoms with van der Waals surface area (Å²) in [5.74, 6) is -4.77. The van der Waals surface area contributed by atoms with E-state index in [4.69, 9.17) is 29.2 Å². The number of aryl methyl sites for hydroxylation is 3. The van der Waals surface area contributed by atoms with Gasteiger partial charge in [0, 0.05) is 35.2 Å². The number of aliphatic carboxylic acids is 2. The number of rotatable bonds is 8. The number of hydrogen-bond acceptors (Lipinski definition) is 9. The Labute approximate surface area is 269 Å². The van der Waals surface area contributed by atoms with E-state index >= 15 is 0 Å². The van der Waals surface area contributed by atoms with E-state index in [1.807, 2.05) is 19.1 Å². The van der Waals surface area contributed by atoms with Crippen LogP contribution in [0.2, 0.25) is 0 Å². The molecule has 262 valence electrons. The number of carbonyl (C=O) groups is 2. The minimum Gasteiger partial charge on any atom is -0.475 e. The maximum atomic E-state index is 11.9. The molecule has 4 rings (SSSR count). The number of alkyl halides is 6. The molecule has 0 saturated carbocycles. The Morgan fingerprint density at radius 1 is 0.854 bits per heavy atom. The summed E-state index contributed by atoms with van der Waals surface area (Å²) in [6, 6.07) is 8.08. The van der Waals surface area contributed by atoms with Crippen LogP contribution in [0.15, 0.2) is 39.7 Å². The average Bonchev–Trinajstić information content (AvgIpc) is 3.36. The lowest BCUT2D eigenvalue weighted by Gasteiger charge is -2.19. The van der Waals surface area contributed by atoms with Gasteiger partial charge in [0.05, 0.1) is 5.52 Å². The number of carboxylic acid groups (broad SMARTS) is 2. The van der Waals surface area contributed by atoms with Gasteiger partial charge in [-0.2, -0.15) is 31.3 Å². The number of nitrogens with one attached hydrogen (secondary N) is 3. The van der Waals surface area contributed by atoms with Crippen molar-refractivity contribution >= 4 is 46.2 Å². The van der Waals surface area contributed by atoms with Crippen molar-refractivity contribution in [2.45, 2.75) is 60.4 Å². The number of carboxylic acids is 2. The maximum absolute atomic E-state index is 11.9. The summed E-state index contributed by atoms with van der Waals surface area (Å²) in [4.78, 5) is 43.9. The lowest BCUT2D eigenvalue weighted by molar-refractivity contribution is -0.193. The lowest BCUT2D eigenvalue weighted by atomic mass is 10.0. The summed E-state index contributed by atoms with van der Waals surface area (Å²) in [7, 11) is 0. The van der Waals surface area contributed by atoms with Crippen LogP contribution in [0.5, 0.6) is 0 Å². The van der Waals surface area contributed by atoms with E-state index in [1.165, 1.54) is 16.7 Å². The molecular formula is C30H34F6N6O6. The molecule has 0 unspecified atom stereocenters. The van der Waals surface area contributed by atoms with Crippen molar-refractivity contribution in [1.82, 2.24) is 19.9 Å². The van der Waals surface area contributed by atoms with Gasteiger partial charge in [-0.05, 0) is 81.7 Å². The number of aromatic nitrogens is 3. The minimum atomic E-state index is -5.08. The van der Waals surface area contributed by atoms with Crippen molar-refractivity contribution < 1.29 is 50.6 Å². The van der Waals surface area contributed by atoms with Crippen molar-refractivity contribution in [3.63, 3.8) is 0 Å². The Bertz CT molecular complexity index is 1750. The number of nitrogens with zero attached hydrogens (tertiary/aromatic N) is 3. The SMILES string of the molecule is CCN(CC)Cc1cc(Nc2nc(Nc3cc(C)c(C)c(C)c3)ncc2C)cc2[nH]c(=O)oc12.O=C(O)C(F)(F)F.O=C(O)C(F)(F)F. The van der Waals surface area contributed by atoms with Crippen LogP contribution in [0, 0.1) is 27.7 Å². The molecule has 0 radical (unpaired) electrons. The minimum absolute atomic E-state index is 0.457. The number of oxazole rings is 1. The van der Waals surface area contributed by atoms with Crippen LogP contribution >= 0.6 is 0 Å². The second-order valence-corrected chi connectivity index (χ2v) is 10.3. The molecule has 18 heteroatoms. The number of fused-ring (bicyclic) bond motifs is 1. The van der Waals surface area contributed by atoms with Crippen molar-refractivity contribution in [2.75, 3.05) is 23.7 Å². The Balaban J connectivity index is 0.000000479. The molecule has 5 N–H and O–H groups in total. The van der Waals surface area contributed by atoms with Crippen LogP contribution in [0.1, 0.15) is 41.7 Å². The van der Waals surface area contributed by atoms with Crippen molar-refractivity contribution in [1.29, 1.82) is 0 Å². The van der Waals surface area contributed by atoms with Crippen LogP contribution in [-0.4, -0.2) is 67.4 Å². The van der Waals surface area contributed by atoms with Crippen LogP contribution in [0.3, 0.4) is 0 Å². The highest BCUT2D eigenvalue weighted by molar-refractivity contribution is 5.82. The first-order chi connectivity index (χ1) is 22.2. The first-order valence-electron chi connectivity index (χ1n) is 14.1. The fraction of sp³-hybridized carbons (Fsp3) is 0.367. The largest absolute Gasteiger partial charge is 0.490 e. The Morgan fingerprint density at radius 2 is 1.35 bits per heavy atom. The highest BCUT2D eigenvalue weighted by Gasteiger charge is 2.38. The van der Waals surface area contributed by atoms with Crippen LogP contribution < -0.4 is 16.4 Å². The fourth-order valence-corrected chi connectivity index (χ4v) is 4.01. The summed E-state index contributed by atoms with van der Waals surface area (Å²) in [5.41, 5.74) is 8.60. The Morgan fingerprint density at radius 3 is 1.83 bits per heavy atom. The van der Waals surface area contributed by atoms with Gasteiger partial charge in [-0.1, -0.05) is 13.8 Å². The van der Waals surface area contributed by atoms with Gasteiger partial charge in [-0.15, -0.1) is 0 Å². The van der Waals surface area contributed by atoms with E-state index in [9.17, 15) is 31.1 Å². The van der Waals surface area contributed by atoms with Crippen molar-refractivity contribution in [2.24, 2.45) is 0 Å². The molecule has 0 bridgehead atoms. The molecule has 0 spiro atoms. The molecule has 0 aliphatic heterocycles. The van der Waals surface area contributed by atoms with Gasteiger partial charge in [0.25, 0.3) is 0 Å². The van der Waals surface area contributed by atoms with Gasteiger partial charge in [-0.25, -0.2) is 19.4 Å². The number of aromatic amines is 1. The summed E-state index contributed by atoms with van der Waals surface area (Å²) in [6.45, 7) is 15.0. The molecule has 2 aromatic heterocycles. The third kappa shape index (κ3) is 11.3. The van der Waals surface area contributed by atoms with Gasteiger partial charge in [0.15, 0.2) is 5.58 Å². The second-order valence-electron chi connectivity index (χ2n) is 10.3. The number of H-pyrrole nitrogens is 1. The molecule has 4 aromatic rings. The molecule has 0 fully saturated rings. The lowest BCUT2D eigenvalue weighted by Crippen LogP contribution is -2.22. The monoisotopic (exact) mass is 688 g/mol. The van der Waals surface area contributed by atoms with Gasteiger partial charge < -0.3 is 25.3 Å². The molecule has 0 aliphatic rings. The zero-order valence-corrected chi connectivity index (χ0v) is 26.6. The third-order valence-corrected chi connectivity index (χ3v) is 6.79. The van der Waals surface area contributed by atoms with E-state index in [-0.39, 0.29) is 0 Å². The van der Waals surface area contributed by atoms with E-state index in [0.29, 0.717) is 29.4 Å². The normalized spacial score (nSPS) is 11.4. The molecule has 12 nitrogen and oxygen atoms in total.